The molecule has 1 saturated heterocycles. The fraction of sp³-hybridized carbons (Fsp3) is 0.200. The van der Waals surface area contributed by atoms with Gasteiger partial charge in [-0.2, -0.15) is 12.6 Å². The molecule has 2 heterocycles. The summed E-state index contributed by atoms with van der Waals surface area (Å²) in [5.41, 5.74) is -0.213. The topological polar surface area (TPSA) is 163 Å². The minimum absolute atomic E-state index is 0.0235. The van der Waals surface area contributed by atoms with Gasteiger partial charge in [0, 0.05) is 29.7 Å². The summed E-state index contributed by atoms with van der Waals surface area (Å²) in [6.45, 7) is 0. The molecule has 2 aromatic rings. The van der Waals surface area contributed by atoms with Gasteiger partial charge in [-0.25, -0.2) is 4.18 Å². The van der Waals surface area contributed by atoms with Crippen LogP contribution in [0.4, 0.5) is 0 Å². The van der Waals surface area contributed by atoms with Crippen molar-refractivity contribution in [2.75, 3.05) is 0 Å². The molecular formula is C15H12O10S. The Bertz CT molecular complexity index is 1030. The highest BCUT2D eigenvalue weighted by Crippen LogP contribution is 2.55. The number of rotatable bonds is 1. The lowest BCUT2D eigenvalue weighted by Gasteiger charge is -2.41. The van der Waals surface area contributed by atoms with Crippen molar-refractivity contribution < 1.29 is 47.1 Å². The molecule has 4 rings (SSSR count). The molecule has 0 bridgehead atoms. The summed E-state index contributed by atoms with van der Waals surface area (Å²) in [5, 5.41) is 49.7. The Morgan fingerprint density at radius 1 is 0.923 bits per heavy atom. The Kier molecular flexibility index (Phi) is 3.16. The SMILES string of the molecule is O=S1(=O)OC2(c3ccc(O)c(O)c3)Oc3cc(O)cc(O)c3C[C@@]2(O)O1. The van der Waals surface area contributed by atoms with Gasteiger partial charge in [-0.05, 0) is 18.2 Å². The Labute approximate surface area is 146 Å². The van der Waals surface area contributed by atoms with Crippen LogP contribution in [-0.4, -0.2) is 39.7 Å². The third kappa shape index (κ3) is 2.18. The summed E-state index contributed by atoms with van der Waals surface area (Å²) < 4.78 is 38.9. The summed E-state index contributed by atoms with van der Waals surface area (Å²) in [7, 11) is -4.72. The van der Waals surface area contributed by atoms with Crippen LogP contribution in [0.25, 0.3) is 0 Å². The molecule has 138 valence electrons. The zero-order valence-corrected chi connectivity index (χ0v) is 13.6. The molecule has 10 nitrogen and oxygen atoms in total. The van der Waals surface area contributed by atoms with Gasteiger partial charge in [0.2, 0.25) is 0 Å². The van der Waals surface area contributed by atoms with E-state index in [1.54, 1.807) is 0 Å². The highest BCUT2D eigenvalue weighted by atomic mass is 32.3. The molecule has 2 aliphatic heterocycles. The van der Waals surface area contributed by atoms with E-state index < -0.39 is 45.6 Å². The van der Waals surface area contributed by atoms with Crippen molar-refractivity contribution in [1.29, 1.82) is 0 Å². The average molecular weight is 384 g/mol. The van der Waals surface area contributed by atoms with Crippen molar-refractivity contribution in [3.8, 4) is 28.7 Å². The summed E-state index contributed by atoms with van der Waals surface area (Å²) >= 11 is 0. The van der Waals surface area contributed by atoms with Crippen LogP contribution in [0.5, 0.6) is 28.7 Å². The fourth-order valence-corrected chi connectivity index (χ4v) is 4.12. The molecular weight excluding hydrogens is 372 g/mol. The zero-order chi connectivity index (χ0) is 18.9. The van der Waals surface area contributed by atoms with Gasteiger partial charge in [-0.1, -0.05) is 0 Å². The van der Waals surface area contributed by atoms with Gasteiger partial charge >= 0.3 is 16.2 Å². The number of ether oxygens (including phenoxy) is 1. The number of benzene rings is 2. The normalized spacial score (nSPS) is 28.8. The van der Waals surface area contributed by atoms with Crippen LogP contribution in [0.1, 0.15) is 11.1 Å². The maximum atomic E-state index is 11.9. The van der Waals surface area contributed by atoms with E-state index >= 15 is 0 Å². The number of hydrogen-bond donors (Lipinski definition) is 5. The second-order valence-corrected chi connectivity index (χ2v) is 7.05. The summed E-state index contributed by atoms with van der Waals surface area (Å²) in [6.07, 6.45) is -0.574. The largest absolute Gasteiger partial charge is 0.508 e. The van der Waals surface area contributed by atoms with Gasteiger partial charge in [0.1, 0.15) is 17.2 Å². The van der Waals surface area contributed by atoms with E-state index in [1.165, 1.54) is 0 Å². The van der Waals surface area contributed by atoms with Gasteiger partial charge in [-0.15, -0.1) is 0 Å². The van der Waals surface area contributed by atoms with Crippen molar-refractivity contribution in [1.82, 2.24) is 0 Å². The molecule has 0 saturated carbocycles. The zero-order valence-electron chi connectivity index (χ0n) is 12.8. The van der Waals surface area contributed by atoms with E-state index in [1.807, 2.05) is 0 Å². The Morgan fingerprint density at radius 2 is 1.65 bits per heavy atom. The molecule has 5 N–H and O–H groups in total. The molecule has 0 aliphatic carbocycles. The van der Waals surface area contributed by atoms with Gasteiger partial charge in [-0.3, -0.25) is 0 Å². The highest BCUT2D eigenvalue weighted by Gasteiger charge is 2.70. The van der Waals surface area contributed by atoms with Gasteiger partial charge < -0.3 is 30.3 Å². The van der Waals surface area contributed by atoms with Crippen LogP contribution in [0, 0.1) is 0 Å². The minimum Gasteiger partial charge on any atom is -0.508 e. The number of aromatic hydroxyl groups is 4. The maximum absolute atomic E-state index is 11.9. The van der Waals surface area contributed by atoms with Gasteiger partial charge in [0.15, 0.2) is 11.5 Å². The van der Waals surface area contributed by atoms with Crippen LogP contribution in [0.15, 0.2) is 30.3 Å². The predicted molar refractivity (Wildman–Crippen MR) is 81.6 cm³/mol. The molecule has 0 spiro atoms. The van der Waals surface area contributed by atoms with Crippen LogP contribution in [-0.2, 0) is 31.0 Å². The first-order chi connectivity index (χ1) is 12.1. The number of phenols is 4. The molecule has 0 amide bonds. The van der Waals surface area contributed by atoms with E-state index in [9.17, 15) is 34.0 Å². The Hall–Kier alpha value is -2.73. The van der Waals surface area contributed by atoms with Gasteiger partial charge in [0.05, 0.1) is 0 Å². The van der Waals surface area contributed by atoms with Crippen LogP contribution < -0.4 is 4.74 Å². The van der Waals surface area contributed by atoms with Crippen molar-refractivity contribution in [2.45, 2.75) is 18.0 Å². The Balaban J connectivity index is 1.98. The van der Waals surface area contributed by atoms with E-state index in [4.69, 9.17) is 8.92 Å². The number of fused-ring (bicyclic) bond motifs is 2. The molecule has 2 aliphatic rings. The monoisotopic (exact) mass is 384 g/mol. The van der Waals surface area contributed by atoms with Crippen molar-refractivity contribution in [2.24, 2.45) is 0 Å². The smallest absolute Gasteiger partial charge is 0.406 e. The molecule has 11 heteroatoms. The van der Waals surface area contributed by atoms with Crippen LogP contribution in [0.2, 0.25) is 0 Å². The minimum atomic E-state index is -4.72. The third-order valence-electron chi connectivity index (χ3n) is 4.17. The molecule has 2 atom stereocenters. The third-order valence-corrected chi connectivity index (χ3v) is 5.09. The average Bonchev–Trinajstić information content (AvgIpc) is 2.73. The number of hydrogen-bond acceptors (Lipinski definition) is 10. The number of aliphatic hydroxyl groups is 1. The summed E-state index contributed by atoms with van der Waals surface area (Å²) in [5.74, 6) is -7.23. The predicted octanol–water partition coefficient (Wildman–Crippen LogP) is 0.277. The number of phenolic OH excluding ortho intramolecular Hbond substituents is 4. The molecule has 1 fully saturated rings. The Morgan fingerprint density at radius 3 is 2.35 bits per heavy atom. The lowest BCUT2D eigenvalue weighted by molar-refractivity contribution is -0.295. The summed E-state index contributed by atoms with van der Waals surface area (Å²) in [4.78, 5) is 0. The van der Waals surface area contributed by atoms with E-state index in [-0.39, 0.29) is 22.6 Å². The first kappa shape index (κ1) is 16.7. The fourth-order valence-electron chi connectivity index (χ4n) is 3.03. The van der Waals surface area contributed by atoms with Crippen molar-refractivity contribution >= 4 is 10.4 Å². The van der Waals surface area contributed by atoms with E-state index in [0.29, 0.717) is 0 Å². The quantitative estimate of drug-likeness (QED) is 0.431. The van der Waals surface area contributed by atoms with Crippen molar-refractivity contribution in [3.05, 3.63) is 41.5 Å². The molecule has 26 heavy (non-hydrogen) atoms. The van der Waals surface area contributed by atoms with Crippen molar-refractivity contribution in [3.63, 3.8) is 0 Å². The molecule has 2 aromatic carbocycles. The second kappa shape index (κ2) is 4.92. The van der Waals surface area contributed by atoms with E-state index in [0.717, 1.165) is 30.3 Å². The van der Waals surface area contributed by atoms with Crippen LogP contribution in [0.3, 0.4) is 0 Å². The highest BCUT2D eigenvalue weighted by molar-refractivity contribution is 7.82. The molecule has 0 aromatic heterocycles. The maximum Gasteiger partial charge on any atom is 0.406 e. The second-order valence-electron chi connectivity index (χ2n) is 5.90. The van der Waals surface area contributed by atoms with Gasteiger partial charge in [0.25, 0.3) is 5.79 Å². The lowest BCUT2D eigenvalue weighted by atomic mass is 9.87. The molecule has 1 unspecified atom stereocenters. The standard InChI is InChI=1S/C15H12O10S/c16-8-4-11(18)9-6-14(20)15(23-13(9)5-8,25-26(21,22)24-14)7-1-2-10(17)12(19)3-7/h1-5,16-20H,6H2/t14-,15?/m1/s1. The molecule has 0 radical (unpaired) electrons. The first-order valence-corrected chi connectivity index (χ1v) is 8.53. The van der Waals surface area contributed by atoms with Crippen LogP contribution >= 0.6 is 0 Å². The lowest BCUT2D eigenvalue weighted by Crippen LogP contribution is -2.57. The first-order valence-electron chi connectivity index (χ1n) is 7.20. The van der Waals surface area contributed by atoms with E-state index in [2.05, 4.69) is 4.18 Å². The summed E-state index contributed by atoms with van der Waals surface area (Å²) in [6, 6.07) is 5.18.